The van der Waals surface area contributed by atoms with Gasteiger partial charge in [0.1, 0.15) is 6.33 Å². The second-order valence-corrected chi connectivity index (χ2v) is 2.68. The minimum Gasteiger partial charge on any atom is -0.464 e. The van der Waals surface area contributed by atoms with Crippen LogP contribution in [0.4, 0.5) is 0 Å². The van der Waals surface area contributed by atoms with Crippen molar-refractivity contribution in [3.63, 3.8) is 0 Å². The van der Waals surface area contributed by atoms with E-state index in [9.17, 15) is 0 Å². The Morgan fingerprint density at radius 2 is 1.88 bits per heavy atom. The average Bonchev–Trinajstić information content (AvgIpc) is 2.33. The Hall–Kier alpha value is -2.20. The summed E-state index contributed by atoms with van der Waals surface area (Å²) in [4.78, 5) is 7.79. The fourth-order valence-corrected chi connectivity index (χ4v) is 0.882. The van der Waals surface area contributed by atoms with E-state index in [-0.39, 0.29) is 6.61 Å². The van der Waals surface area contributed by atoms with E-state index < -0.39 is 0 Å². The maximum absolute atomic E-state index is 5.27. The Kier molecular flexibility index (Phi) is 5.30. The summed E-state index contributed by atoms with van der Waals surface area (Å²) in [5.41, 5.74) is 0. The Morgan fingerprint density at radius 3 is 2.50 bits per heavy atom. The maximum Gasteiger partial charge on any atom is 0.221 e. The van der Waals surface area contributed by atoms with Crippen LogP contribution >= 0.6 is 0 Å². The number of hydrogen-bond acceptors (Lipinski definition) is 4. The van der Waals surface area contributed by atoms with Crippen LogP contribution in [0.3, 0.4) is 0 Å². The van der Waals surface area contributed by atoms with Crippen LogP contribution in [-0.2, 0) is 0 Å². The number of ether oxygens (including phenoxy) is 2. The summed E-state index contributed by atoms with van der Waals surface area (Å²) < 4.78 is 10.4. The summed E-state index contributed by atoms with van der Waals surface area (Å²) >= 11 is 0. The number of hydrogen-bond donors (Lipinski definition) is 0. The van der Waals surface area contributed by atoms with Crippen molar-refractivity contribution in [3.8, 4) is 35.9 Å². The quantitative estimate of drug-likeness (QED) is 0.711. The molecule has 0 amide bonds. The predicted octanol–water partition coefficient (Wildman–Crippen LogP) is 1.28. The molecule has 0 bridgehead atoms. The monoisotopic (exact) mass is 216 g/mol. The van der Waals surface area contributed by atoms with E-state index in [1.54, 1.807) is 6.07 Å². The zero-order chi connectivity index (χ0) is 11.6. The lowest BCUT2D eigenvalue weighted by Gasteiger charge is -2.03. The molecule has 0 radical (unpaired) electrons. The first kappa shape index (κ1) is 11.9. The molecule has 0 saturated heterocycles. The Bertz CT molecular complexity index is 427. The van der Waals surface area contributed by atoms with Gasteiger partial charge in [-0.15, -0.1) is 12.3 Å². The molecule has 1 aromatic heterocycles. The highest BCUT2D eigenvalue weighted by atomic mass is 16.5. The summed E-state index contributed by atoms with van der Waals surface area (Å²) in [5.74, 6) is 8.90. The lowest BCUT2D eigenvalue weighted by molar-refractivity contribution is 0.332. The van der Waals surface area contributed by atoms with Crippen molar-refractivity contribution in [1.29, 1.82) is 0 Å². The largest absolute Gasteiger partial charge is 0.464 e. The van der Waals surface area contributed by atoms with Gasteiger partial charge in [0.25, 0.3) is 0 Å². The van der Waals surface area contributed by atoms with Gasteiger partial charge in [0.15, 0.2) is 13.2 Å². The van der Waals surface area contributed by atoms with E-state index in [2.05, 4.69) is 27.7 Å². The fraction of sp³-hybridized carbons (Fsp3) is 0.333. The second kappa shape index (κ2) is 7.14. The molecule has 4 heteroatoms. The van der Waals surface area contributed by atoms with E-state index >= 15 is 0 Å². The minimum atomic E-state index is 0.173. The molecule has 0 atom stereocenters. The van der Waals surface area contributed by atoms with Gasteiger partial charge in [-0.05, 0) is 0 Å². The van der Waals surface area contributed by atoms with E-state index in [4.69, 9.17) is 15.9 Å². The lowest BCUT2D eigenvalue weighted by Crippen LogP contribution is -2.00. The zero-order valence-corrected chi connectivity index (χ0v) is 9.06. The summed E-state index contributed by atoms with van der Waals surface area (Å²) in [6.07, 6.45) is 7.22. The molecule has 0 aliphatic carbocycles. The van der Waals surface area contributed by atoms with Gasteiger partial charge < -0.3 is 9.47 Å². The van der Waals surface area contributed by atoms with E-state index in [0.29, 0.717) is 18.4 Å². The molecular formula is C12H12N2O2. The summed E-state index contributed by atoms with van der Waals surface area (Å²) in [6, 6.07) is 1.57. The molecule has 0 N–H and O–H groups in total. The Labute approximate surface area is 95.0 Å². The molecule has 1 rings (SSSR count). The molecule has 16 heavy (non-hydrogen) atoms. The van der Waals surface area contributed by atoms with Crippen LogP contribution < -0.4 is 9.47 Å². The van der Waals surface area contributed by atoms with E-state index in [0.717, 1.165) is 6.42 Å². The third kappa shape index (κ3) is 4.34. The van der Waals surface area contributed by atoms with Crippen molar-refractivity contribution in [1.82, 2.24) is 9.97 Å². The summed E-state index contributed by atoms with van der Waals surface area (Å²) in [5, 5.41) is 0. The SMILES string of the molecule is C#CCOc1cc(OCC#CCC)ncn1. The standard InChI is InChI=1S/C12H12N2O2/c1-3-5-6-8-16-12-9-11(13-10-14-12)15-7-4-2/h2,9-10H,3,7-8H2,1H3. The number of rotatable bonds is 4. The van der Waals surface area contributed by atoms with Crippen LogP contribution in [0.1, 0.15) is 13.3 Å². The third-order valence-corrected chi connectivity index (χ3v) is 1.51. The van der Waals surface area contributed by atoms with Crippen molar-refractivity contribution in [2.45, 2.75) is 13.3 Å². The third-order valence-electron chi connectivity index (χ3n) is 1.51. The number of terminal acetylenes is 1. The normalized spacial score (nSPS) is 8.50. The van der Waals surface area contributed by atoms with Crippen molar-refractivity contribution >= 4 is 0 Å². The van der Waals surface area contributed by atoms with Gasteiger partial charge in [-0.3, -0.25) is 0 Å². The molecule has 0 fully saturated rings. The second-order valence-electron chi connectivity index (χ2n) is 2.68. The zero-order valence-electron chi connectivity index (χ0n) is 9.06. The molecule has 0 aliphatic rings. The molecule has 0 aromatic carbocycles. The van der Waals surface area contributed by atoms with E-state index in [1.165, 1.54) is 6.33 Å². The van der Waals surface area contributed by atoms with Gasteiger partial charge in [0.05, 0.1) is 6.07 Å². The molecular weight excluding hydrogens is 204 g/mol. The van der Waals surface area contributed by atoms with Gasteiger partial charge in [-0.1, -0.05) is 18.8 Å². The van der Waals surface area contributed by atoms with Crippen LogP contribution in [0.2, 0.25) is 0 Å². The average molecular weight is 216 g/mol. The molecule has 0 unspecified atom stereocenters. The molecule has 1 aromatic rings. The topological polar surface area (TPSA) is 44.2 Å². The van der Waals surface area contributed by atoms with Gasteiger partial charge in [0.2, 0.25) is 11.8 Å². The Balaban J connectivity index is 2.50. The van der Waals surface area contributed by atoms with Crippen LogP contribution in [0.25, 0.3) is 0 Å². The van der Waals surface area contributed by atoms with Gasteiger partial charge >= 0.3 is 0 Å². The molecule has 1 heterocycles. The van der Waals surface area contributed by atoms with Crippen LogP contribution in [0.15, 0.2) is 12.4 Å². The number of aromatic nitrogens is 2. The lowest BCUT2D eigenvalue weighted by atomic mass is 10.5. The van der Waals surface area contributed by atoms with Gasteiger partial charge in [-0.2, -0.15) is 0 Å². The van der Waals surface area contributed by atoms with Crippen LogP contribution in [0, 0.1) is 24.2 Å². The van der Waals surface area contributed by atoms with Crippen LogP contribution in [0.5, 0.6) is 11.8 Å². The van der Waals surface area contributed by atoms with Crippen molar-refractivity contribution in [3.05, 3.63) is 12.4 Å². The fourth-order valence-electron chi connectivity index (χ4n) is 0.882. The molecule has 0 saturated carbocycles. The summed E-state index contributed by atoms with van der Waals surface area (Å²) in [7, 11) is 0. The van der Waals surface area contributed by atoms with E-state index in [1.807, 2.05) is 6.92 Å². The first-order valence-electron chi connectivity index (χ1n) is 4.83. The predicted molar refractivity (Wildman–Crippen MR) is 59.9 cm³/mol. The summed E-state index contributed by atoms with van der Waals surface area (Å²) in [6.45, 7) is 2.45. The maximum atomic E-state index is 5.27. The minimum absolute atomic E-state index is 0.173. The van der Waals surface area contributed by atoms with Crippen LogP contribution in [-0.4, -0.2) is 23.2 Å². The van der Waals surface area contributed by atoms with Crippen molar-refractivity contribution < 1.29 is 9.47 Å². The molecule has 82 valence electrons. The highest BCUT2D eigenvalue weighted by Crippen LogP contribution is 2.12. The molecule has 0 aliphatic heterocycles. The number of nitrogens with zero attached hydrogens (tertiary/aromatic N) is 2. The van der Waals surface area contributed by atoms with Crippen molar-refractivity contribution in [2.24, 2.45) is 0 Å². The van der Waals surface area contributed by atoms with Gasteiger partial charge in [0, 0.05) is 6.42 Å². The Morgan fingerprint density at radius 1 is 1.19 bits per heavy atom. The molecule has 4 nitrogen and oxygen atoms in total. The molecule has 0 spiro atoms. The smallest absolute Gasteiger partial charge is 0.221 e. The van der Waals surface area contributed by atoms with Crippen molar-refractivity contribution in [2.75, 3.05) is 13.2 Å². The van der Waals surface area contributed by atoms with Gasteiger partial charge in [-0.25, -0.2) is 9.97 Å². The first-order chi connectivity index (χ1) is 7.86. The first-order valence-corrected chi connectivity index (χ1v) is 4.83. The highest BCUT2D eigenvalue weighted by Gasteiger charge is 1.98. The highest BCUT2D eigenvalue weighted by molar-refractivity contribution is 5.19.